The van der Waals surface area contributed by atoms with Gasteiger partial charge in [0.15, 0.2) is 5.82 Å². The number of carbonyl (C=O) groups is 1. The maximum absolute atomic E-state index is 12.5. The zero-order chi connectivity index (χ0) is 19.9. The lowest BCUT2D eigenvalue weighted by molar-refractivity contribution is 0.251. The number of anilines is 1. The zero-order valence-corrected chi connectivity index (χ0v) is 15.8. The highest BCUT2D eigenvalue weighted by atomic mass is 16.2. The topological polar surface area (TPSA) is 71.8 Å². The van der Waals surface area contributed by atoms with Crippen molar-refractivity contribution in [3.63, 3.8) is 0 Å². The number of nitrogens with zero attached hydrogens (tertiary/aromatic N) is 3. The predicted octanol–water partition coefficient (Wildman–Crippen LogP) is 4.18. The van der Waals surface area contributed by atoms with Crippen LogP contribution in [0.3, 0.4) is 0 Å². The molecular weight excluding hydrogens is 362 g/mol. The number of para-hydroxylation sites is 2. The Kier molecular flexibility index (Phi) is 5.62. The Labute approximate surface area is 169 Å². The highest BCUT2D eigenvalue weighted by Gasteiger charge is 2.10. The lowest BCUT2D eigenvalue weighted by atomic mass is 10.0. The molecule has 0 spiro atoms. The second kappa shape index (κ2) is 8.84. The van der Waals surface area contributed by atoms with E-state index in [0.717, 1.165) is 23.4 Å². The minimum absolute atomic E-state index is 0.265. The number of aromatic nitrogens is 3. The molecule has 4 rings (SSSR count). The van der Waals surface area contributed by atoms with Crippen LogP contribution < -0.4 is 10.6 Å². The fourth-order valence-electron chi connectivity index (χ4n) is 3.12. The summed E-state index contributed by atoms with van der Waals surface area (Å²) in [6.45, 7) is 0.265. The van der Waals surface area contributed by atoms with Crippen molar-refractivity contribution in [1.82, 2.24) is 20.1 Å². The van der Waals surface area contributed by atoms with Gasteiger partial charge < -0.3 is 10.6 Å². The predicted molar refractivity (Wildman–Crippen MR) is 113 cm³/mol. The van der Waals surface area contributed by atoms with Crippen molar-refractivity contribution < 1.29 is 4.79 Å². The fourth-order valence-corrected chi connectivity index (χ4v) is 3.12. The molecule has 0 aliphatic carbocycles. The average Bonchev–Trinajstić information content (AvgIpc) is 3.24. The van der Waals surface area contributed by atoms with E-state index < -0.39 is 0 Å². The van der Waals surface area contributed by atoms with Crippen molar-refractivity contribution >= 4 is 11.7 Å². The summed E-state index contributed by atoms with van der Waals surface area (Å²) >= 11 is 0. The van der Waals surface area contributed by atoms with Crippen LogP contribution in [-0.4, -0.2) is 20.8 Å². The molecule has 2 N–H and O–H groups in total. The Morgan fingerprint density at radius 1 is 0.862 bits per heavy atom. The third-order valence-electron chi connectivity index (χ3n) is 4.56. The van der Waals surface area contributed by atoms with Crippen LogP contribution in [0.1, 0.15) is 17.0 Å². The number of rotatable bonds is 6. The molecule has 29 heavy (non-hydrogen) atoms. The van der Waals surface area contributed by atoms with E-state index in [9.17, 15) is 4.79 Å². The van der Waals surface area contributed by atoms with Crippen LogP contribution in [-0.2, 0) is 13.0 Å². The molecule has 0 radical (unpaired) electrons. The van der Waals surface area contributed by atoms with Crippen LogP contribution >= 0.6 is 0 Å². The molecule has 1 heterocycles. The molecule has 0 unspecified atom stereocenters. The van der Waals surface area contributed by atoms with Gasteiger partial charge in [-0.25, -0.2) is 4.79 Å². The van der Waals surface area contributed by atoms with Crippen molar-refractivity contribution in [3.05, 3.63) is 108 Å². The van der Waals surface area contributed by atoms with Gasteiger partial charge in [0.25, 0.3) is 0 Å². The standard InChI is InChI=1S/C23H21N5O/c29-23(24-16-22-27-25-17-28(22)20-12-5-2-6-13-20)26-21-14-8-7-11-19(21)15-18-9-3-1-4-10-18/h1-14,17H,15-16H2,(H2,24,26,29). The third kappa shape index (κ3) is 4.68. The van der Waals surface area contributed by atoms with E-state index in [1.165, 1.54) is 5.56 Å². The van der Waals surface area contributed by atoms with Crippen molar-refractivity contribution in [3.8, 4) is 5.69 Å². The van der Waals surface area contributed by atoms with Gasteiger partial charge in [0, 0.05) is 11.4 Å². The maximum atomic E-state index is 12.5. The van der Waals surface area contributed by atoms with Crippen molar-refractivity contribution in [2.75, 3.05) is 5.32 Å². The van der Waals surface area contributed by atoms with Crippen molar-refractivity contribution in [2.24, 2.45) is 0 Å². The smallest absolute Gasteiger partial charge is 0.319 e. The molecule has 0 aliphatic heterocycles. The minimum Gasteiger partial charge on any atom is -0.331 e. The first-order valence-electron chi connectivity index (χ1n) is 9.40. The summed E-state index contributed by atoms with van der Waals surface area (Å²) in [4.78, 5) is 12.5. The van der Waals surface area contributed by atoms with Gasteiger partial charge in [0.1, 0.15) is 6.33 Å². The Morgan fingerprint density at radius 3 is 2.34 bits per heavy atom. The average molecular weight is 383 g/mol. The van der Waals surface area contributed by atoms with Crippen LogP contribution in [0.4, 0.5) is 10.5 Å². The first-order chi connectivity index (χ1) is 14.3. The summed E-state index contributed by atoms with van der Waals surface area (Å²) in [6, 6.07) is 27.5. The first-order valence-corrected chi connectivity index (χ1v) is 9.40. The summed E-state index contributed by atoms with van der Waals surface area (Å²) in [5, 5.41) is 13.9. The highest BCUT2D eigenvalue weighted by Crippen LogP contribution is 2.19. The summed E-state index contributed by atoms with van der Waals surface area (Å²) in [5.41, 5.74) is 3.99. The van der Waals surface area contributed by atoms with E-state index in [-0.39, 0.29) is 12.6 Å². The number of carbonyl (C=O) groups excluding carboxylic acids is 1. The Balaban J connectivity index is 1.41. The molecule has 6 nitrogen and oxygen atoms in total. The van der Waals surface area contributed by atoms with Crippen LogP contribution in [0.2, 0.25) is 0 Å². The maximum Gasteiger partial charge on any atom is 0.319 e. The molecule has 0 bridgehead atoms. The Bertz CT molecular complexity index is 1080. The highest BCUT2D eigenvalue weighted by molar-refractivity contribution is 5.90. The quantitative estimate of drug-likeness (QED) is 0.525. The van der Waals surface area contributed by atoms with E-state index in [1.54, 1.807) is 6.33 Å². The Hall–Kier alpha value is -3.93. The second-order valence-corrected chi connectivity index (χ2v) is 6.58. The fraction of sp³-hybridized carbons (Fsp3) is 0.0870. The number of nitrogens with one attached hydrogen (secondary N) is 2. The summed E-state index contributed by atoms with van der Waals surface area (Å²) in [6.07, 6.45) is 2.39. The third-order valence-corrected chi connectivity index (χ3v) is 4.56. The normalized spacial score (nSPS) is 10.5. The van der Waals surface area contributed by atoms with Crippen molar-refractivity contribution in [1.29, 1.82) is 0 Å². The van der Waals surface area contributed by atoms with Gasteiger partial charge in [-0.2, -0.15) is 0 Å². The van der Waals surface area contributed by atoms with Gasteiger partial charge in [-0.15, -0.1) is 10.2 Å². The monoisotopic (exact) mass is 383 g/mol. The lowest BCUT2D eigenvalue weighted by Gasteiger charge is -2.12. The number of urea groups is 1. The SMILES string of the molecule is O=C(NCc1nncn1-c1ccccc1)Nc1ccccc1Cc1ccccc1. The second-order valence-electron chi connectivity index (χ2n) is 6.58. The molecule has 0 aliphatic rings. The zero-order valence-electron chi connectivity index (χ0n) is 15.8. The number of amides is 2. The summed E-state index contributed by atoms with van der Waals surface area (Å²) in [5.74, 6) is 0.656. The molecule has 0 fully saturated rings. The number of hydrogen-bond donors (Lipinski definition) is 2. The Morgan fingerprint density at radius 2 is 1.55 bits per heavy atom. The van der Waals surface area contributed by atoms with Gasteiger partial charge in [-0.05, 0) is 35.7 Å². The summed E-state index contributed by atoms with van der Waals surface area (Å²) in [7, 11) is 0. The molecule has 3 aromatic carbocycles. The first kappa shape index (κ1) is 18.4. The lowest BCUT2D eigenvalue weighted by Crippen LogP contribution is -2.29. The van der Waals surface area contributed by atoms with Gasteiger partial charge in [-0.1, -0.05) is 66.7 Å². The van der Waals surface area contributed by atoms with E-state index >= 15 is 0 Å². The number of hydrogen-bond acceptors (Lipinski definition) is 3. The van der Waals surface area contributed by atoms with E-state index in [2.05, 4.69) is 33.0 Å². The molecule has 144 valence electrons. The van der Waals surface area contributed by atoms with E-state index in [4.69, 9.17) is 0 Å². The minimum atomic E-state index is -0.284. The van der Waals surface area contributed by atoms with Gasteiger partial charge >= 0.3 is 6.03 Å². The molecule has 0 saturated carbocycles. The molecule has 0 saturated heterocycles. The van der Waals surface area contributed by atoms with E-state index in [1.807, 2.05) is 77.4 Å². The van der Waals surface area contributed by atoms with Gasteiger partial charge in [0.2, 0.25) is 0 Å². The van der Waals surface area contributed by atoms with Crippen LogP contribution in [0.15, 0.2) is 91.3 Å². The van der Waals surface area contributed by atoms with Crippen LogP contribution in [0, 0.1) is 0 Å². The van der Waals surface area contributed by atoms with Crippen molar-refractivity contribution in [2.45, 2.75) is 13.0 Å². The van der Waals surface area contributed by atoms with Gasteiger partial charge in [0.05, 0.1) is 6.54 Å². The van der Waals surface area contributed by atoms with E-state index in [0.29, 0.717) is 5.82 Å². The summed E-state index contributed by atoms with van der Waals surface area (Å²) < 4.78 is 1.85. The molecular formula is C23H21N5O. The molecule has 0 atom stereocenters. The molecule has 1 aromatic heterocycles. The molecule has 6 heteroatoms. The van der Waals surface area contributed by atoms with Crippen LogP contribution in [0.5, 0.6) is 0 Å². The molecule has 2 amide bonds. The largest absolute Gasteiger partial charge is 0.331 e. The number of benzene rings is 3. The van der Waals surface area contributed by atoms with Crippen LogP contribution in [0.25, 0.3) is 5.69 Å². The van der Waals surface area contributed by atoms with Gasteiger partial charge in [-0.3, -0.25) is 4.57 Å². The molecule has 4 aromatic rings.